The summed E-state index contributed by atoms with van der Waals surface area (Å²) in [5, 5.41) is 30.4. The largest absolute Gasteiger partial charge is 0.508 e. The number of aromatic hydroxyl groups is 1. The molecule has 3 aliphatic rings. The number of aryl methyl sites for hydroxylation is 2. The van der Waals surface area contributed by atoms with Crippen LogP contribution in [0.15, 0.2) is 24.4 Å². The van der Waals surface area contributed by atoms with Crippen molar-refractivity contribution in [2.45, 2.75) is 69.9 Å². The highest BCUT2D eigenvalue weighted by molar-refractivity contribution is 5.40. The molecule has 0 aliphatic heterocycles. The van der Waals surface area contributed by atoms with Crippen molar-refractivity contribution in [2.75, 3.05) is 6.54 Å². The Hall–Kier alpha value is -1.92. The molecule has 0 amide bonds. The van der Waals surface area contributed by atoms with Gasteiger partial charge >= 0.3 is 0 Å². The van der Waals surface area contributed by atoms with E-state index in [1.165, 1.54) is 11.1 Å². The third-order valence-corrected chi connectivity index (χ3v) is 8.42. The molecule has 5 rings (SSSR count). The van der Waals surface area contributed by atoms with E-state index in [0.717, 1.165) is 57.2 Å². The first-order valence-corrected chi connectivity index (χ1v) is 11.1. The molecule has 1 aromatic carbocycles. The van der Waals surface area contributed by atoms with Crippen molar-refractivity contribution in [3.63, 3.8) is 0 Å². The van der Waals surface area contributed by atoms with Crippen molar-refractivity contribution in [1.82, 2.24) is 15.0 Å². The van der Waals surface area contributed by atoms with Crippen molar-refractivity contribution in [2.24, 2.45) is 23.0 Å². The van der Waals surface area contributed by atoms with E-state index in [4.69, 9.17) is 5.73 Å². The predicted octanol–water partition coefficient (Wildman–Crippen LogP) is 3.08. The summed E-state index contributed by atoms with van der Waals surface area (Å²) in [4.78, 5) is 0. The van der Waals surface area contributed by atoms with E-state index < -0.39 is 5.60 Å². The third-order valence-electron chi connectivity index (χ3n) is 8.42. The summed E-state index contributed by atoms with van der Waals surface area (Å²) in [6.07, 6.45) is 8.83. The summed E-state index contributed by atoms with van der Waals surface area (Å²) >= 11 is 0. The molecule has 1 heterocycles. The van der Waals surface area contributed by atoms with Crippen LogP contribution in [0.1, 0.15) is 68.2 Å². The van der Waals surface area contributed by atoms with Crippen LogP contribution in [0, 0.1) is 17.3 Å². The smallest absolute Gasteiger partial charge is 0.116 e. The van der Waals surface area contributed by atoms with Gasteiger partial charge in [0.05, 0.1) is 6.20 Å². The number of nitrogens with two attached hydrogens (primary N) is 1. The zero-order valence-electron chi connectivity index (χ0n) is 17.2. The van der Waals surface area contributed by atoms with Crippen LogP contribution in [0.4, 0.5) is 0 Å². The standard InChI is InChI=1S/C23H32N4O2/c1-22-9-7-18-17-6-4-16(28)13-15(17)3-5-19(18)20(22)8-10-23(22,29)21-14-27(26-25-21)12-2-11-24/h4,6,13-14,18-20,28-29H,2-3,5,7-12,24H2,1H3/t18-,19-,20+,22+,23-/m1/s1. The fourth-order valence-corrected chi connectivity index (χ4v) is 6.86. The number of hydrogen-bond acceptors (Lipinski definition) is 5. The molecule has 0 spiro atoms. The van der Waals surface area contributed by atoms with Gasteiger partial charge in [0, 0.05) is 12.0 Å². The molecule has 5 atom stereocenters. The quantitative estimate of drug-likeness (QED) is 0.738. The van der Waals surface area contributed by atoms with E-state index in [2.05, 4.69) is 23.3 Å². The Bertz CT molecular complexity index is 912. The van der Waals surface area contributed by atoms with Gasteiger partial charge in [-0.05, 0) is 92.5 Å². The SMILES string of the molecule is C[C@]12CC[C@@H]3c4ccc(O)cc4CC[C@H]3[C@@H]1CC[C@@]2(O)c1cn(CCCN)nn1. The second kappa shape index (κ2) is 6.81. The molecule has 1 aromatic heterocycles. The van der Waals surface area contributed by atoms with Gasteiger partial charge in [-0.3, -0.25) is 4.68 Å². The van der Waals surface area contributed by atoms with Crippen molar-refractivity contribution < 1.29 is 10.2 Å². The average Bonchev–Trinajstić information content (AvgIpc) is 3.29. The highest BCUT2D eigenvalue weighted by Gasteiger charge is 2.63. The summed E-state index contributed by atoms with van der Waals surface area (Å²) < 4.78 is 1.83. The first-order valence-electron chi connectivity index (χ1n) is 11.1. The van der Waals surface area contributed by atoms with Gasteiger partial charge in [-0.2, -0.15) is 0 Å². The van der Waals surface area contributed by atoms with Gasteiger partial charge < -0.3 is 15.9 Å². The Morgan fingerprint density at radius 3 is 2.93 bits per heavy atom. The van der Waals surface area contributed by atoms with Crippen LogP contribution < -0.4 is 5.73 Å². The fourth-order valence-electron chi connectivity index (χ4n) is 6.86. The Morgan fingerprint density at radius 1 is 1.24 bits per heavy atom. The first-order chi connectivity index (χ1) is 14.0. The molecule has 0 unspecified atom stereocenters. The summed E-state index contributed by atoms with van der Waals surface area (Å²) in [6.45, 7) is 3.65. The van der Waals surface area contributed by atoms with E-state index in [0.29, 0.717) is 30.0 Å². The molecule has 6 heteroatoms. The normalized spacial score (nSPS) is 35.8. The molecule has 4 N–H and O–H groups in total. The van der Waals surface area contributed by atoms with Crippen LogP contribution in [0.3, 0.4) is 0 Å². The summed E-state index contributed by atoms with van der Waals surface area (Å²) in [6, 6.07) is 5.91. The second-order valence-electron chi connectivity index (χ2n) is 9.66. The zero-order valence-corrected chi connectivity index (χ0v) is 17.2. The van der Waals surface area contributed by atoms with Gasteiger partial charge in [0.1, 0.15) is 17.0 Å². The molecule has 0 bridgehead atoms. The van der Waals surface area contributed by atoms with Crippen molar-refractivity contribution >= 4 is 0 Å². The lowest BCUT2D eigenvalue weighted by Crippen LogP contribution is -2.49. The third kappa shape index (κ3) is 2.76. The van der Waals surface area contributed by atoms with Gasteiger partial charge in [0.25, 0.3) is 0 Å². The van der Waals surface area contributed by atoms with Gasteiger partial charge in [-0.15, -0.1) is 5.10 Å². The molecule has 2 saturated carbocycles. The van der Waals surface area contributed by atoms with Crippen LogP contribution in [0.5, 0.6) is 5.75 Å². The van der Waals surface area contributed by atoms with Gasteiger partial charge in [-0.1, -0.05) is 18.2 Å². The number of phenols is 1. The summed E-state index contributed by atoms with van der Waals surface area (Å²) in [5.41, 5.74) is 8.01. The molecule has 0 saturated heterocycles. The molecular weight excluding hydrogens is 364 g/mol. The van der Waals surface area contributed by atoms with Crippen LogP contribution in [-0.2, 0) is 18.6 Å². The molecule has 29 heavy (non-hydrogen) atoms. The molecule has 2 aromatic rings. The molecule has 156 valence electrons. The lowest BCUT2D eigenvalue weighted by molar-refractivity contribution is -0.111. The lowest BCUT2D eigenvalue weighted by atomic mass is 9.53. The van der Waals surface area contributed by atoms with Crippen LogP contribution in [0.2, 0.25) is 0 Å². The van der Waals surface area contributed by atoms with E-state index in [9.17, 15) is 10.2 Å². The number of aliphatic hydroxyl groups is 1. The highest BCUT2D eigenvalue weighted by Crippen LogP contribution is 2.66. The van der Waals surface area contributed by atoms with Crippen LogP contribution in [0.25, 0.3) is 0 Å². The number of fused-ring (bicyclic) bond motifs is 5. The van der Waals surface area contributed by atoms with Crippen LogP contribution in [-0.4, -0.2) is 31.8 Å². The average molecular weight is 397 g/mol. The molecule has 3 aliphatic carbocycles. The van der Waals surface area contributed by atoms with Crippen LogP contribution >= 0.6 is 0 Å². The summed E-state index contributed by atoms with van der Waals surface area (Å²) in [7, 11) is 0. The summed E-state index contributed by atoms with van der Waals surface area (Å²) in [5.74, 6) is 1.99. The van der Waals surface area contributed by atoms with Crippen molar-refractivity contribution in [3.8, 4) is 5.75 Å². The van der Waals surface area contributed by atoms with Gasteiger partial charge in [0.15, 0.2) is 0 Å². The van der Waals surface area contributed by atoms with E-state index in [1.807, 2.05) is 23.0 Å². The minimum absolute atomic E-state index is 0.169. The minimum atomic E-state index is -0.904. The topological polar surface area (TPSA) is 97.2 Å². The lowest BCUT2D eigenvalue weighted by Gasteiger charge is -2.52. The van der Waals surface area contributed by atoms with E-state index >= 15 is 0 Å². The second-order valence-corrected chi connectivity index (χ2v) is 9.66. The number of aromatic nitrogens is 3. The number of nitrogens with zero attached hydrogens (tertiary/aromatic N) is 3. The number of benzene rings is 1. The van der Waals surface area contributed by atoms with E-state index in [-0.39, 0.29) is 5.41 Å². The maximum absolute atomic E-state index is 11.9. The first kappa shape index (κ1) is 19.1. The van der Waals surface area contributed by atoms with Gasteiger partial charge in [0.2, 0.25) is 0 Å². The minimum Gasteiger partial charge on any atom is -0.508 e. The maximum Gasteiger partial charge on any atom is 0.116 e. The fraction of sp³-hybridized carbons (Fsp3) is 0.652. The molecule has 0 radical (unpaired) electrons. The molecule has 2 fully saturated rings. The molecule has 6 nitrogen and oxygen atoms in total. The van der Waals surface area contributed by atoms with Crippen molar-refractivity contribution in [3.05, 3.63) is 41.2 Å². The predicted molar refractivity (Wildman–Crippen MR) is 110 cm³/mol. The number of phenolic OH excluding ortho intramolecular Hbond substituents is 1. The number of rotatable bonds is 4. The van der Waals surface area contributed by atoms with Crippen molar-refractivity contribution in [1.29, 1.82) is 0 Å². The van der Waals surface area contributed by atoms with Gasteiger partial charge in [-0.25, -0.2) is 0 Å². The Balaban J connectivity index is 1.44. The van der Waals surface area contributed by atoms with E-state index in [1.54, 1.807) is 0 Å². The Kier molecular flexibility index (Phi) is 4.48. The Labute approximate surface area is 172 Å². The zero-order chi connectivity index (χ0) is 20.2. The molecular formula is C23H32N4O2. The number of hydrogen-bond donors (Lipinski definition) is 3. The maximum atomic E-state index is 11.9. The monoisotopic (exact) mass is 396 g/mol. The highest BCUT2D eigenvalue weighted by atomic mass is 16.3. The Morgan fingerprint density at radius 2 is 2.10 bits per heavy atom.